The number of carbonyl (C=O) groups excluding carboxylic acids is 1. The monoisotopic (exact) mass is 507 g/mol. The molecule has 2 N–H and O–H groups in total. The molecule has 35 heavy (non-hydrogen) atoms. The van der Waals surface area contributed by atoms with E-state index in [0.29, 0.717) is 28.2 Å². The van der Waals surface area contributed by atoms with E-state index in [2.05, 4.69) is 20.7 Å². The molecule has 3 aromatic carbocycles. The summed E-state index contributed by atoms with van der Waals surface area (Å²) in [5.74, 6) is 1.28. The van der Waals surface area contributed by atoms with E-state index < -0.39 is 0 Å². The first-order valence-electron chi connectivity index (χ1n) is 10.7. The quantitative estimate of drug-likeness (QED) is 0.189. The second-order valence-electron chi connectivity index (χ2n) is 7.25. The molecule has 4 rings (SSSR count). The second kappa shape index (κ2) is 11.5. The van der Waals surface area contributed by atoms with Crippen molar-refractivity contribution in [3.63, 3.8) is 0 Å². The molecule has 0 fully saturated rings. The molecule has 0 aliphatic rings. The zero-order valence-electron chi connectivity index (χ0n) is 18.8. The van der Waals surface area contributed by atoms with Crippen molar-refractivity contribution in [1.82, 2.24) is 20.2 Å². The highest BCUT2D eigenvalue weighted by Gasteiger charge is 2.17. The van der Waals surface area contributed by atoms with Gasteiger partial charge >= 0.3 is 0 Å². The Morgan fingerprint density at radius 3 is 2.63 bits per heavy atom. The highest BCUT2D eigenvalue weighted by molar-refractivity contribution is 7.99. The zero-order valence-corrected chi connectivity index (χ0v) is 20.3. The van der Waals surface area contributed by atoms with Crippen LogP contribution in [0.25, 0.3) is 17.1 Å². The standard InChI is InChI=1S/C25H22ClN5O3S/c1-2-34-22-12-10-20(11-13-22)31-24(18-6-8-19(26)9-7-18)29-30-25(31)35-16-23(33)28-27-15-17-4-3-5-21(32)14-17/h3-15,32H,2,16H2,1H3,(H,28,33). The van der Waals surface area contributed by atoms with Crippen molar-refractivity contribution >= 4 is 35.5 Å². The van der Waals surface area contributed by atoms with Crippen molar-refractivity contribution in [1.29, 1.82) is 0 Å². The van der Waals surface area contributed by atoms with Crippen LogP contribution in [0.2, 0.25) is 5.02 Å². The van der Waals surface area contributed by atoms with Gasteiger partial charge in [0.1, 0.15) is 11.5 Å². The molecule has 0 saturated carbocycles. The number of carbonyl (C=O) groups is 1. The number of phenolic OH excluding ortho intramolecular Hbond substituents is 1. The number of nitrogens with one attached hydrogen (secondary N) is 1. The molecule has 8 nitrogen and oxygen atoms in total. The minimum Gasteiger partial charge on any atom is -0.508 e. The summed E-state index contributed by atoms with van der Waals surface area (Å²) in [7, 11) is 0. The molecule has 1 aromatic heterocycles. The molecule has 0 aliphatic heterocycles. The van der Waals surface area contributed by atoms with Crippen LogP contribution < -0.4 is 10.2 Å². The van der Waals surface area contributed by atoms with Crippen molar-refractivity contribution in [3.8, 4) is 28.6 Å². The van der Waals surface area contributed by atoms with E-state index >= 15 is 0 Å². The van der Waals surface area contributed by atoms with Gasteiger partial charge in [0, 0.05) is 16.3 Å². The first kappa shape index (κ1) is 24.3. The summed E-state index contributed by atoms with van der Waals surface area (Å²) in [6.45, 7) is 2.51. The Labute approximate surface area is 211 Å². The van der Waals surface area contributed by atoms with Crippen molar-refractivity contribution in [3.05, 3.63) is 83.4 Å². The molecule has 4 aromatic rings. The van der Waals surface area contributed by atoms with Gasteiger partial charge in [-0.25, -0.2) is 5.43 Å². The van der Waals surface area contributed by atoms with Gasteiger partial charge in [-0.05, 0) is 73.2 Å². The minimum atomic E-state index is -0.305. The van der Waals surface area contributed by atoms with Crippen LogP contribution in [0.15, 0.2) is 83.1 Å². The summed E-state index contributed by atoms with van der Waals surface area (Å²) in [6, 6.07) is 21.5. The SMILES string of the molecule is CCOc1ccc(-n2c(SCC(=O)NN=Cc3cccc(O)c3)nnc2-c2ccc(Cl)cc2)cc1. The second-order valence-corrected chi connectivity index (χ2v) is 8.63. The normalized spacial score (nSPS) is 11.0. The van der Waals surface area contributed by atoms with Crippen molar-refractivity contribution < 1.29 is 14.6 Å². The molecule has 0 unspecified atom stereocenters. The Balaban J connectivity index is 1.52. The average Bonchev–Trinajstić information content (AvgIpc) is 3.28. The van der Waals surface area contributed by atoms with Crippen LogP contribution >= 0.6 is 23.4 Å². The lowest BCUT2D eigenvalue weighted by molar-refractivity contribution is -0.118. The molecule has 0 aliphatic carbocycles. The van der Waals surface area contributed by atoms with Gasteiger partial charge in [-0.2, -0.15) is 5.10 Å². The number of nitrogens with zero attached hydrogens (tertiary/aromatic N) is 4. The molecule has 0 spiro atoms. The van der Waals surface area contributed by atoms with Gasteiger partial charge in [0.25, 0.3) is 5.91 Å². The van der Waals surface area contributed by atoms with Gasteiger partial charge in [-0.1, -0.05) is 35.5 Å². The number of aromatic nitrogens is 3. The van der Waals surface area contributed by atoms with Crippen LogP contribution in [0.3, 0.4) is 0 Å². The molecule has 178 valence electrons. The topological polar surface area (TPSA) is 102 Å². The number of benzene rings is 3. The van der Waals surface area contributed by atoms with Gasteiger partial charge in [0.05, 0.1) is 18.6 Å². The van der Waals surface area contributed by atoms with Crippen LogP contribution in [0.4, 0.5) is 0 Å². The van der Waals surface area contributed by atoms with Crippen molar-refractivity contribution in [2.24, 2.45) is 5.10 Å². The van der Waals surface area contributed by atoms with E-state index in [4.69, 9.17) is 16.3 Å². The molecule has 0 radical (unpaired) electrons. The molecule has 1 amide bonds. The molecule has 0 saturated heterocycles. The smallest absolute Gasteiger partial charge is 0.250 e. The number of hydrogen-bond acceptors (Lipinski definition) is 7. The average molecular weight is 508 g/mol. The first-order chi connectivity index (χ1) is 17.0. The number of phenols is 1. The van der Waals surface area contributed by atoms with E-state index in [0.717, 1.165) is 17.0 Å². The van der Waals surface area contributed by atoms with Crippen molar-refractivity contribution in [2.45, 2.75) is 12.1 Å². The van der Waals surface area contributed by atoms with E-state index in [-0.39, 0.29) is 17.4 Å². The van der Waals surface area contributed by atoms with Gasteiger partial charge < -0.3 is 9.84 Å². The van der Waals surface area contributed by atoms with Crippen LogP contribution in [-0.2, 0) is 4.79 Å². The van der Waals surface area contributed by atoms with Gasteiger partial charge in [0.15, 0.2) is 11.0 Å². The summed E-state index contributed by atoms with van der Waals surface area (Å²) in [5, 5.41) is 23.3. The lowest BCUT2D eigenvalue weighted by Crippen LogP contribution is -2.20. The number of ether oxygens (including phenoxy) is 1. The number of aromatic hydroxyl groups is 1. The lowest BCUT2D eigenvalue weighted by Gasteiger charge is -2.11. The largest absolute Gasteiger partial charge is 0.508 e. The highest BCUT2D eigenvalue weighted by atomic mass is 35.5. The van der Waals surface area contributed by atoms with E-state index in [9.17, 15) is 9.90 Å². The minimum absolute atomic E-state index is 0.0765. The third-order valence-corrected chi connectivity index (χ3v) is 5.93. The van der Waals surface area contributed by atoms with Crippen LogP contribution in [0.5, 0.6) is 11.5 Å². The van der Waals surface area contributed by atoms with Gasteiger partial charge in [-0.15, -0.1) is 10.2 Å². The highest BCUT2D eigenvalue weighted by Crippen LogP contribution is 2.29. The fraction of sp³-hybridized carbons (Fsp3) is 0.120. The molecular formula is C25H22ClN5O3S. The number of rotatable bonds is 9. The number of amides is 1. The maximum atomic E-state index is 12.4. The van der Waals surface area contributed by atoms with Crippen LogP contribution in [0, 0.1) is 0 Å². The Bertz CT molecular complexity index is 1320. The molecule has 10 heteroatoms. The van der Waals surface area contributed by atoms with Crippen LogP contribution in [0.1, 0.15) is 12.5 Å². The number of halogens is 1. The maximum absolute atomic E-state index is 12.4. The Morgan fingerprint density at radius 2 is 1.91 bits per heavy atom. The summed E-state index contributed by atoms with van der Waals surface area (Å²) in [6.07, 6.45) is 1.46. The van der Waals surface area contributed by atoms with E-state index in [1.165, 1.54) is 18.0 Å². The van der Waals surface area contributed by atoms with E-state index in [1.807, 2.05) is 47.9 Å². The Hall–Kier alpha value is -3.82. The summed E-state index contributed by atoms with van der Waals surface area (Å²) in [4.78, 5) is 12.4. The van der Waals surface area contributed by atoms with Crippen LogP contribution in [-0.4, -0.2) is 44.4 Å². The third kappa shape index (κ3) is 6.40. The molecular weight excluding hydrogens is 486 g/mol. The molecule has 0 atom stereocenters. The maximum Gasteiger partial charge on any atom is 0.250 e. The third-order valence-electron chi connectivity index (χ3n) is 4.75. The van der Waals surface area contributed by atoms with Gasteiger partial charge in [-0.3, -0.25) is 9.36 Å². The fourth-order valence-electron chi connectivity index (χ4n) is 3.19. The summed E-state index contributed by atoms with van der Waals surface area (Å²) >= 11 is 7.29. The molecule has 0 bridgehead atoms. The predicted octanol–water partition coefficient (Wildman–Crippen LogP) is 4.93. The fourth-order valence-corrected chi connectivity index (χ4v) is 4.06. The first-order valence-corrected chi connectivity index (χ1v) is 12.1. The summed E-state index contributed by atoms with van der Waals surface area (Å²) < 4.78 is 7.43. The van der Waals surface area contributed by atoms with Gasteiger partial charge in [0.2, 0.25) is 0 Å². The zero-order chi connectivity index (χ0) is 24.6. The van der Waals surface area contributed by atoms with Crippen molar-refractivity contribution in [2.75, 3.05) is 12.4 Å². The number of hydrogen-bond donors (Lipinski definition) is 2. The predicted molar refractivity (Wildman–Crippen MR) is 138 cm³/mol. The molecule has 1 heterocycles. The number of thioether (sulfide) groups is 1. The Morgan fingerprint density at radius 1 is 1.14 bits per heavy atom. The number of hydrazone groups is 1. The summed E-state index contributed by atoms with van der Waals surface area (Å²) in [5.41, 5.74) is 4.82. The lowest BCUT2D eigenvalue weighted by atomic mass is 10.2. The Kier molecular flexibility index (Phi) is 8.02. The van der Waals surface area contributed by atoms with E-state index in [1.54, 1.807) is 36.4 Å².